The summed E-state index contributed by atoms with van der Waals surface area (Å²) in [5, 5.41) is 0. The van der Waals surface area contributed by atoms with Crippen LogP contribution in [0.1, 0.15) is 6.92 Å². The van der Waals surface area contributed by atoms with Crippen molar-refractivity contribution in [3.05, 3.63) is 11.8 Å². The number of Topliss-reactive ketones (excluding diaryl/α,β-unsaturated/α-hetero) is 1. The topological polar surface area (TPSA) is 26.3 Å². The molecule has 0 N–H and O–H groups in total. The second-order valence-corrected chi connectivity index (χ2v) is 1.86. The zero-order valence-electron chi connectivity index (χ0n) is 6.03. The highest BCUT2D eigenvalue weighted by atomic mass is 19.4. The number of alkyl halides is 3. The van der Waals surface area contributed by atoms with E-state index in [1.165, 1.54) is 7.11 Å². The van der Waals surface area contributed by atoms with Gasteiger partial charge in [-0.2, -0.15) is 13.2 Å². The van der Waals surface area contributed by atoms with Crippen molar-refractivity contribution >= 4 is 5.78 Å². The summed E-state index contributed by atoms with van der Waals surface area (Å²) in [7, 11) is 1.17. The third kappa shape index (κ3) is 3.06. The largest absolute Gasteiger partial charge is 0.504 e. The number of hydrogen-bond donors (Lipinski definition) is 0. The first-order valence-corrected chi connectivity index (χ1v) is 2.70. The van der Waals surface area contributed by atoms with E-state index in [9.17, 15) is 18.0 Å². The Balaban J connectivity index is 4.39. The minimum Gasteiger partial charge on any atom is -0.504 e. The molecule has 0 aliphatic carbocycles. The van der Waals surface area contributed by atoms with Gasteiger partial charge in [0.25, 0.3) is 5.78 Å². The standard InChI is InChI=1S/C6H7F3O2/c1-4(3-11-2)5(10)6(7,8)9/h3H,1-2H3/b4-3+. The molecule has 0 aliphatic rings. The molecular weight excluding hydrogens is 161 g/mol. The Labute approximate surface area is 61.6 Å². The summed E-state index contributed by atoms with van der Waals surface area (Å²) in [6, 6.07) is 0. The summed E-state index contributed by atoms with van der Waals surface area (Å²) in [4.78, 5) is 10.3. The highest BCUT2D eigenvalue weighted by molar-refractivity contribution is 5.98. The Morgan fingerprint density at radius 2 is 1.91 bits per heavy atom. The fourth-order valence-corrected chi connectivity index (χ4v) is 0.454. The Morgan fingerprint density at radius 3 is 2.18 bits per heavy atom. The third-order valence-electron chi connectivity index (χ3n) is 0.910. The second kappa shape index (κ2) is 3.41. The molecule has 5 heteroatoms. The highest BCUT2D eigenvalue weighted by Gasteiger charge is 2.39. The molecule has 0 fully saturated rings. The van der Waals surface area contributed by atoms with Crippen LogP contribution in [0.15, 0.2) is 11.8 Å². The van der Waals surface area contributed by atoms with Crippen molar-refractivity contribution in [1.29, 1.82) is 0 Å². The summed E-state index contributed by atoms with van der Waals surface area (Å²) < 4.78 is 39.0. The van der Waals surface area contributed by atoms with Gasteiger partial charge in [-0.3, -0.25) is 4.79 Å². The van der Waals surface area contributed by atoms with Crippen LogP contribution in [0.25, 0.3) is 0 Å². The number of carbonyl (C=O) groups excluding carboxylic acids is 1. The molecule has 2 nitrogen and oxygen atoms in total. The van der Waals surface area contributed by atoms with Gasteiger partial charge in [0.2, 0.25) is 0 Å². The molecule has 0 saturated carbocycles. The molecule has 0 aliphatic heterocycles. The van der Waals surface area contributed by atoms with E-state index in [1.54, 1.807) is 0 Å². The number of methoxy groups -OCH3 is 1. The van der Waals surface area contributed by atoms with Gasteiger partial charge in [-0.1, -0.05) is 0 Å². The van der Waals surface area contributed by atoms with Crippen LogP contribution in [0, 0.1) is 0 Å². The number of rotatable bonds is 2. The number of ketones is 1. The first-order chi connectivity index (χ1) is 4.89. The van der Waals surface area contributed by atoms with Crippen molar-refractivity contribution in [3.8, 4) is 0 Å². The SMILES string of the molecule is CO/C=C(\C)C(=O)C(F)(F)F. The lowest BCUT2D eigenvalue weighted by atomic mass is 10.2. The van der Waals surface area contributed by atoms with Gasteiger partial charge in [-0.25, -0.2) is 0 Å². The average molecular weight is 168 g/mol. The van der Waals surface area contributed by atoms with E-state index in [1.807, 2.05) is 0 Å². The van der Waals surface area contributed by atoms with E-state index in [0.29, 0.717) is 0 Å². The first kappa shape index (κ1) is 10.0. The smallest absolute Gasteiger partial charge is 0.454 e. The van der Waals surface area contributed by atoms with E-state index in [2.05, 4.69) is 4.74 Å². The van der Waals surface area contributed by atoms with Crippen molar-refractivity contribution in [2.24, 2.45) is 0 Å². The molecule has 0 atom stereocenters. The van der Waals surface area contributed by atoms with Crippen LogP contribution in [-0.2, 0) is 9.53 Å². The lowest BCUT2D eigenvalue weighted by Gasteiger charge is -2.03. The Bertz CT molecular complexity index is 181. The highest BCUT2D eigenvalue weighted by Crippen LogP contribution is 2.19. The summed E-state index contributed by atoms with van der Waals surface area (Å²) in [5.74, 6) is -1.88. The van der Waals surface area contributed by atoms with E-state index in [0.717, 1.165) is 13.2 Å². The van der Waals surface area contributed by atoms with Gasteiger partial charge >= 0.3 is 6.18 Å². The monoisotopic (exact) mass is 168 g/mol. The van der Waals surface area contributed by atoms with E-state index < -0.39 is 17.5 Å². The van der Waals surface area contributed by atoms with Gasteiger partial charge in [0.05, 0.1) is 13.4 Å². The van der Waals surface area contributed by atoms with Gasteiger partial charge < -0.3 is 4.74 Å². The predicted octanol–water partition coefficient (Wildman–Crippen LogP) is 1.67. The molecule has 0 radical (unpaired) electrons. The predicted molar refractivity (Wildman–Crippen MR) is 31.8 cm³/mol. The molecule has 11 heavy (non-hydrogen) atoms. The number of ether oxygens (including phenoxy) is 1. The normalized spacial score (nSPS) is 13.0. The van der Waals surface area contributed by atoms with E-state index in [4.69, 9.17) is 0 Å². The number of carbonyl (C=O) groups is 1. The number of halogens is 3. The molecule has 0 bridgehead atoms. The minimum absolute atomic E-state index is 0.458. The van der Waals surface area contributed by atoms with Crippen LogP contribution in [0.4, 0.5) is 13.2 Å². The molecule has 0 heterocycles. The molecular formula is C6H7F3O2. The summed E-state index contributed by atoms with van der Waals surface area (Å²) in [6.07, 6.45) is -4.05. The molecule has 0 aromatic rings. The van der Waals surface area contributed by atoms with Crippen LogP contribution in [0.2, 0.25) is 0 Å². The quantitative estimate of drug-likeness (QED) is 0.463. The Morgan fingerprint density at radius 1 is 1.45 bits per heavy atom. The van der Waals surface area contributed by atoms with Crippen molar-refractivity contribution in [1.82, 2.24) is 0 Å². The summed E-state index contributed by atoms with van der Waals surface area (Å²) >= 11 is 0. The number of hydrogen-bond acceptors (Lipinski definition) is 2. The molecule has 64 valence electrons. The molecule has 0 aromatic heterocycles. The van der Waals surface area contributed by atoms with Gasteiger partial charge in [0, 0.05) is 5.57 Å². The van der Waals surface area contributed by atoms with Gasteiger partial charge in [-0.05, 0) is 6.92 Å². The molecule has 0 saturated heterocycles. The van der Waals surface area contributed by atoms with E-state index in [-0.39, 0.29) is 0 Å². The second-order valence-electron chi connectivity index (χ2n) is 1.86. The van der Waals surface area contributed by atoms with Gasteiger partial charge in [0.1, 0.15) is 0 Å². The van der Waals surface area contributed by atoms with E-state index >= 15 is 0 Å². The lowest BCUT2D eigenvalue weighted by Crippen LogP contribution is -2.23. The van der Waals surface area contributed by atoms with Crippen LogP contribution in [-0.4, -0.2) is 19.1 Å². The fourth-order valence-electron chi connectivity index (χ4n) is 0.454. The van der Waals surface area contributed by atoms with Crippen molar-refractivity contribution in [3.63, 3.8) is 0 Å². The zero-order valence-corrected chi connectivity index (χ0v) is 6.03. The van der Waals surface area contributed by atoms with Crippen LogP contribution in [0.3, 0.4) is 0 Å². The summed E-state index contributed by atoms with van der Waals surface area (Å²) in [6.45, 7) is 1.04. The molecule has 0 unspecified atom stereocenters. The van der Waals surface area contributed by atoms with Crippen LogP contribution < -0.4 is 0 Å². The van der Waals surface area contributed by atoms with Crippen molar-refractivity contribution in [2.45, 2.75) is 13.1 Å². The van der Waals surface area contributed by atoms with Crippen LogP contribution >= 0.6 is 0 Å². The first-order valence-electron chi connectivity index (χ1n) is 2.70. The van der Waals surface area contributed by atoms with Gasteiger partial charge in [-0.15, -0.1) is 0 Å². The average Bonchev–Trinajstić information content (AvgIpc) is 1.85. The number of allylic oxidation sites excluding steroid dienone is 1. The molecule has 0 amide bonds. The zero-order chi connectivity index (χ0) is 9.07. The van der Waals surface area contributed by atoms with Crippen molar-refractivity contribution < 1.29 is 22.7 Å². The third-order valence-corrected chi connectivity index (χ3v) is 0.910. The molecule has 0 aromatic carbocycles. The fraction of sp³-hybridized carbons (Fsp3) is 0.500. The molecule has 0 rings (SSSR count). The maximum Gasteiger partial charge on any atom is 0.454 e. The maximum absolute atomic E-state index is 11.6. The molecule has 0 spiro atoms. The van der Waals surface area contributed by atoms with Crippen molar-refractivity contribution in [2.75, 3.05) is 7.11 Å². The minimum atomic E-state index is -4.81. The Kier molecular flexibility index (Phi) is 3.10. The lowest BCUT2D eigenvalue weighted by molar-refractivity contribution is -0.166. The van der Waals surface area contributed by atoms with Gasteiger partial charge in [0.15, 0.2) is 0 Å². The maximum atomic E-state index is 11.6. The Hall–Kier alpha value is -1.00. The van der Waals surface area contributed by atoms with Crippen LogP contribution in [0.5, 0.6) is 0 Å². The summed E-state index contributed by atoms with van der Waals surface area (Å²) in [5.41, 5.74) is -0.458.